The van der Waals surface area contributed by atoms with Crippen molar-refractivity contribution in [1.82, 2.24) is 5.32 Å². The lowest BCUT2D eigenvalue weighted by atomic mass is 9.78. The maximum absolute atomic E-state index is 12.1. The van der Waals surface area contributed by atoms with E-state index in [4.69, 9.17) is 0 Å². The second kappa shape index (κ2) is 5.85. The van der Waals surface area contributed by atoms with Crippen LogP contribution in [0.5, 0.6) is 0 Å². The number of amides is 1. The summed E-state index contributed by atoms with van der Waals surface area (Å²) in [5.41, 5.74) is 3.16. The molecule has 1 aromatic carbocycles. The monoisotopic (exact) mass is 324 g/mol. The topological polar surface area (TPSA) is 41.1 Å². The summed E-state index contributed by atoms with van der Waals surface area (Å²) >= 11 is 1.81. The van der Waals surface area contributed by atoms with Gasteiger partial charge in [-0.3, -0.25) is 4.79 Å². The van der Waals surface area contributed by atoms with E-state index in [1.807, 2.05) is 24.3 Å². The molecule has 4 heteroatoms. The number of hydrogen-bond donors (Lipinski definition) is 2. The highest BCUT2D eigenvalue weighted by atomic mass is 32.1. The van der Waals surface area contributed by atoms with E-state index in [-0.39, 0.29) is 5.91 Å². The van der Waals surface area contributed by atoms with Crippen molar-refractivity contribution < 1.29 is 4.79 Å². The molecular formula is C19H20N2OS. The van der Waals surface area contributed by atoms with Gasteiger partial charge in [-0.2, -0.15) is 0 Å². The first-order valence-electron chi connectivity index (χ1n) is 8.16. The van der Waals surface area contributed by atoms with Crippen LogP contribution in [-0.4, -0.2) is 12.5 Å². The Morgan fingerprint density at radius 2 is 2.30 bits per heavy atom. The molecule has 1 aliphatic heterocycles. The lowest BCUT2D eigenvalue weighted by Crippen LogP contribution is -2.29. The summed E-state index contributed by atoms with van der Waals surface area (Å²) in [5, 5.41) is 8.73. The van der Waals surface area contributed by atoms with Gasteiger partial charge in [-0.1, -0.05) is 18.2 Å². The Bertz CT molecular complexity index is 751. The van der Waals surface area contributed by atoms with Crippen molar-refractivity contribution in [2.24, 2.45) is 5.92 Å². The minimum atomic E-state index is 0.00852. The van der Waals surface area contributed by atoms with Crippen molar-refractivity contribution in [3.05, 3.63) is 63.9 Å². The number of nitrogens with one attached hydrogen (secondary N) is 2. The van der Waals surface area contributed by atoms with E-state index in [0.29, 0.717) is 24.4 Å². The normalized spacial score (nSPS) is 24.7. The first-order chi connectivity index (χ1) is 11.3. The molecule has 0 radical (unpaired) electrons. The van der Waals surface area contributed by atoms with E-state index in [0.717, 1.165) is 17.7 Å². The van der Waals surface area contributed by atoms with Gasteiger partial charge >= 0.3 is 0 Å². The van der Waals surface area contributed by atoms with Gasteiger partial charge in [-0.05, 0) is 54.5 Å². The van der Waals surface area contributed by atoms with E-state index in [1.54, 1.807) is 0 Å². The Morgan fingerprint density at radius 1 is 1.39 bits per heavy atom. The molecule has 23 heavy (non-hydrogen) atoms. The predicted octanol–water partition coefficient (Wildman–Crippen LogP) is 4.32. The third kappa shape index (κ3) is 2.47. The molecule has 1 aromatic heterocycles. The van der Waals surface area contributed by atoms with Crippen LogP contribution in [0.1, 0.15) is 46.1 Å². The van der Waals surface area contributed by atoms with E-state index in [1.165, 1.54) is 10.4 Å². The van der Waals surface area contributed by atoms with Gasteiger partial charge in [-0.15, -0.1) is 11.3 Å². The highest BCUT2D eigenvalue weighted by Crippen LogP contribution is 2.50. The van der Waals surface area contributed by atoms with E-state index >= 15 is 0 Å². The van der Waals surface area contributed by atoms with E-state index in [2.05, 4.69) is 52.4 Å². The minimum Gasteiger partial charge on any atom is -0.377 e. The van der Waals surface area contributed by atoms with Gasteiger partial charge in [-0.25, -0.2) is 0 Å². The highest BCUT2D eigenvalue weighted by molar-refractivity contribution is 7.10. The molecule has 0 fully saturated rings. The third-order valence-corrected chi connectivity index (χ3v) is 5.77. The van der Waals surface area contributed by atoms with E-state index in [9.17, 15) is 4.79 Å². The third-order valence-electron chi connectivity index (χ3n) is 4.81. The Hall–Kier alpha value is -2.07. The summed E-state index contributed by atoms with van der Waals surface area (Å²) in [4.78, 5) is 13.5. The highest BCUT2D eigenvalue weighted by Gasteiger charge is 2.38. The van der Waals surface area contributed by atoms with Crippen LogP contribution in [0.4, 0.5) is 5.69 Å². The molecule has 0 saturated carbocycles. The van der Waals surface area contributed by atoms with Gasteiger partial charge in [0.05, 0.1) is 6.04 Å². The van der Waals surface area contributed by atoms with Crippen molar-refractivity contribution in [3.8, 4) is 0 Å². The number of allylic oxidation sites excluding steroid dienone is 2. The number of hydrogen-bond acceptors (Lipinski definition) is 3. The first-order valence-corrected chi connectivity index (χ1v) is 9.04. The van der Waals surface area contributed by atoms with Crippen LogP contribution in [0.2, 0.25) is 0 Å². The number of anilines is 1. The standard InChI is InChI=1S/C19H20N2OS/c1-2-20-19(22)12-8-9-16-15(11-12)13-5-3-6-14(13)18(21-16)17-7-4-10-23-17/h3-5,7-11,13-14,18,21H,2,6H2,1H3,(H,20,22). The van der Waals surface area contributed by atoms with Crippen LogP contribution in [0.15, 0.2) is 47.9 Å². The van der Waals surface area contributed by atoms with Gasteiger partial charge in [0.15, 0.2) is 0 Å². The number of carbonyl (C=O) groups is 1. The molecule has 2 aliphatic rings. The summed E-state index contributed by atoms with van der Waals surface area (Å²) in [6, 6.07) is 10.7. The molecular weight excluding hydrogens is 304 g/mol. The number of carbonyl (C=O) groups excluding carboxylic acids is 1. The summed E-state index contributed by atoms with van der Waals surface area (Å²) in [6.07, 6.45) is 5.68. The maximum atomic E-state index is 12.1. The number of rotatable bonds is 3. The van der Waals surface area contributed by atoms with Crippen molar-refractivity contribution in [3.63, 3.8) is 0 Å². The Kier molecular flexibility index (Phi) is 3.69. The van der Waals surface area contributed by atoms with Gasteiger partial charge in [0, 0.05) is 28.6 Å². The Labute approximate surface area is 140 Å². The van der Waals surface area contributed by atoms with Crippen LogP contribution >= 0.6 is 11.3 Å². The molecule has 0 bridgehead atoms. The number of benzene rings is 1. The fourth-order valence-electron chi connectivity index (χ4n) is 3.75. The van der Waals surface area contributed by atoms with Crippen LogP contribution in [0, 0.1) is 5.92 Å². The average Bonchev–Trinajstić information content (AvgIpc) is 3.25. The lowest BCUT2D eigenvalue weighted by molar-refractivity contribution is 0.0955. The summed E-state index contributed by atoms with van der Waals surface area (Å²) < 4.78 is 0. The predicted molar refractivity (Wildman–Crippen MR) is 95.1 cm³/mol. The van der Waals surface area contributed by atoms with Crippen LogP contribution < -0.4 is 10.6 Å². The molecule has 2 aromatic rings. The molecule has 2 heterocycles. The zero-order valence-corrected chi connectivity index (χ0v) is 13.9. The summed E-state index contributed by atoms with van der Waals surface area (Å²) in [6.45, 7) is 2.60. The first kappa shape index (κ1) is 14.5. The average molecular weight is 324 g/mol. The maximum Gasteiger partial charge on any atom is 0.251 e. The Balaban J connectivity index is 1.72. The quantitative estimate of drug-likeness (QED) is 0.825. The van der Waals surface area contributed by atoms with Crippen molar-refractivity contribution in [2.75, 3.05) is 11.9 Å². The fraction of sp³-hybridized carbons (Fsp3) is 0.316. The molecule has 1 aliphatic carbocycles. The molecule has 118 valence electrons. The van der Waals surface area contributed by atoms with Gasteiger partial charge in [0.25, 0.3) is 5.91 Å². The van der Waals surface area contributed by atoms with Crippen molar-refractivity contribution >= 4 is 22.9 Å². The van der Waals surface area contributed by atoms with Gasteiger partial charge in [0.1, 0.15) is 0 Å². The Morgan fingerprint density at radius 3 is 3.09 bits per heavy atom. The molecule has 0 saturated heterocycles. The summed E-state index contributed by atoms with van der Waals surface area (Å²) in [5.74, 6) is 0.938. The van der Waals surface area contributed by atoms with E-state index < -0.39 is 0 Å². The fourth-order valence-corrected chi connectivity index (χ4v) is 4.60. The van der Waals surface area contributed by atoms with Crippen LogP contribution in [0.3, 0.4) is 0 Å². The molecule has 3 nitrogen and oxygen atoms in total. The van der Waals surface area contributed by atoms with Crippen LogP contribution in [0.25, 0.3) is 0 Å². The number of fused-ring (bicyclic) bond motifs is 3. The van der Waals surface area contributed by atoms with Gasteiger partial charge < -0.3 is 10.6 Å². The zero-order chi connectivity index (χ0) is 15.8. The van der Waals surface area contributed by atoms with Gasteiger partial charge in [0.2, 0.25) is 0 Å². The molecule has 0 spiro atoms. The smallest absolute Gasteiger partial charge is 0.251 e. The van der Waals surface area contributed by atoms with Crippen molar-refractivity contribution in [2.45, 2.75) is 25.3 Å². The zero-order valence-electron chi connectivity index (χ0n) is 13.1. The lowest BCUT2D eigenvalue weighted by Gasteiger charge is -2.37. The molecule has 1 amide bonds. The largest absolute Gasteiger partial charge is 0.377 e. The molecule has 3 unspecified atom stereocenters. The van der Waals surface area contributed by atoms with Crippen molar-refractivity contribution in [1.29, 1.82) is 0 Å². The molecule has 3 atom stereocenters. The second-order valence-corrected chi connectivity index (χ2v) is 7.13. The summed E-state index contributed by atoms with van der Waals surface area (Å²) in [7, 11) is 0. The second-order valence-electron chi connectivity index (χ2n) is 6.15. The molecule has 2 N–H and O–H groups in total. The minimum absolute atomic E-state index is 0.00852. The van der Waals surface area contributed by atoms with Crippen LogP contribution in [-0.2, 0) is 0 Å². The number of thiophene rings is 1. The molecule has 4 rings (SSSR count). The SMILES string of the molecule is CCNC(=O)c1ccc2c(c1)C1C=CCC1C(c1cccs1)N2.